The first-order valence-electron chi connectivity index (χ1n) is 3.58. The minimum atomic E-state index is -0.472. The molecule has 0 fully saturated rings. The number of nitrogens with zero attached hydrogens (tertiary/aromatic N) is 1. The first-order chi connectivity index (χ1) is 5.00. The second-order valence-corrected chi connectivity index (χ2v) is 2.79. The Labute approximate surface area is 67.3 Å². The van der Waals surface area contributed by atoms with Crippen LogP contribution < -0.4 is 5.73 Å². The third kappa shape index (κ3) is 2.86. The molecule has 4 heteroatoms. The molecule has 1 atom stereocenters. The molecule has 2 N–H and O–H groups in total. The molecule has 0 saturated carbocycles. The second kappa shape index (κ2) is 4.31. The van der Waals surface area contributed by atoms with Crippen molar-refractivity contribution in [2.24, 2.45) is 11.7 Å². The molecule has 1 amide bonds. The maximum Gasteiger partial charge on any atom is 0.262 e. The van der Waals surface area contributed by atoms with Gasteiger partial charge in [0.15, 0.2) is 0 Å². The number of likely N-dealkylation sites (N-methyl/N-ethyl adjacent to an activating group) is 1. The Kier molecular flexibility index (Phi) is 4.07. The fraction of sp³-hybridized carbons (Fsp3) is 0.857. The van der Waals surface area contributed by atoms with E-state index in [2.05, 4.69) is 4.84 Å². The zero-order chi connectivity index (χ0) is 9.02. The molecular formula is C7H16N2O2. The van der Waals surface area contributed by atoms with Gasteiger partial charge in [0.2, 0.25) is 0 Å². The van der Waals surface area contributed by atoms with Gasteiger partial charge < -0.3 is 5.73 Å². The van der Waals surface area contributed by atoms with E-state index in [0.29, 0.717) is 0 Å². The van der Waals surface area contributed by atoms with Crippen LogP contribution >= 0.6 is 0 Å². The molecule has 0 saturated heterocycles. The van der Waals surface area contributed by atoms with Crippen molar-refractivity contribution >= 4 is 5.91 Å². The highest BCUT2D eigenvalue weighted by Gasteiger charge is 2.20. The van der Waals surface area contributed by atoms with Gasteiger partial charge in [0.05, 0.1) is 13.2 Å². The van der Waals surface area contributed by atoms with Gasteiger partial charge in [-0.15, -0.1) is 0 Å². The van der Waals surface area contributed by atoms with Gasteiger partial charge >= 0.3 is 0 Å². The van der Waals surface area contributed by atoms with Crippen molar-refractivity contribution < 1.29 is 9.63 Å². The number of carbonyl (C=O) groups is 1. The summed E-state index contributed by atoms with van der Waals surface area (Å²) in [6.07, 6.45) is 0. The highest BCUT2D eigenvalue weighted by atomic mass is 16.7. The molecule has 0 aromatic heterocycles. The predicted molar refractivity (Wildman–Crippen MR) is 42.6 cm³/mol. The van der Waals surface area contributed by atoms with Gasteiger partial charge in [-0.05, 0) is 5.92 Å². The second-order valence-electron chi connectivity index (χ2n) is 2.79. The van der Waals surface area contributed by atoms with E-state index in [0.717, 1.165) is 5.06 Å². The van der Waals surface area contributed by atoms with Crippen LogP contribution in [0.2, 0.25) is 0 Å². The van der Waals surface area contributed by atoms with Gasteiger partial charge in [0.1, 0.15) is 0 Å². The number of carbonyl (C=O) groups excluding carboxylic acids is 1. The first kappa shape index (κ1) is 10.4. The fourth-order valence-corrected chi connectivity index (χ4v) is 0.585. The van der Waals surface area contributed by atoms with Gasteiger partial charge in [-0.1, -0.05) is 13.8 Å². The Balaban J connectivity index is 4.02. The number of nitrogens with two attached hydrogens (primary N) is 1. The molecule has 0 spiro atoms. The molecule has 0 radical (unpaired) electrons. The Bertz CT molecular complexity index is 136. The van der Waals surface area contributed by atoms with Crippen molar-refractivity contribution in [2.45, 2.75) is 19.9 Å². The summed E-state index contributed by atoms with van der Waals surface area (Å²) >= 11 is 0. The van der Waals surface area contributed by atoms with Gasteiger partial charge in [-0.2, -0.15) is 0 Å². The summed E-state index contributed by atoms with van der Waals surface area (Å²) in [6, 6.07) is -0.472. The number of hydroxylamine groups is 2. The molecule has 0 aromatic carbocycles. The van der Waals surface area contributed by atoms with Crippen LogP contribution in [0, 0.1) is 5.92 Å². The summed E-state index contributed by atoms with van der Waals surface area (Å²) in [4.78, 5) is 15.9. The molecule has 66 valence electrons. The van der Waals surface area contributed by atoms with Crippen molar-refractivity contribution in [3.05, 3.63) is 0 Å². The van der Waals surface area contributed by atoms with Crippen LogP contribution in [0.1, 0.15) is 13.8 Å². The summed E-state index contributed by atoms with van der Waals surface area (Å²) in [5, 5.41) is 1.14. The van der Waals surface area contributed by atoms with Crippen LogP contribution in [0.5, 0.6) is 0 Å². The topological polar surface area (TPSA) is 55.6 Å². The largest absolute Gasteiger partial charge is 0.320 e. The summed E-state index contributed by atoms with van der Waals surface area (Å²) in [5.41, 5.74) is 5.57. The average Bonchev–Trinajstić information content (AvgIpc) is 2.00. The van der Waals surface area contributed by atoms with E-state index in [1.807, 2.05) is 13.8 Å². The summed E-state index contributed by atoms with van der Waals surface area (Å²) in [7, 11) is 2.98. The molecule has 0 bridgehead atoms. The average molecular weight is 160 g/mol. The molecule has 4 nitrogen and oxygen atoms in total. The summed E-state index contributed by atoms with van der Waals surface area (Å²) in [6.45, 7) is 3.79. The van der Waals surface area contributed by atoms with Crippen LogP contribution in [0.3, 0.4) is 0 Å². The minimum absolute atomic E-state index is 0.139. The molecule has 0 unspecified atom stereocenters. The normalized spacial score (nSPS) is 13.3. The number of rotatable bonds is 3. The Morgan fingerprint density at radius 2 is 2.00 bits per heavy atom. The number of hydrogen-bond donors (Lipinski definition) is 1. The Morgan fingerprint density at radius 1 is 1.55 bits per heavy atom. The molecular weight excluding hydrogens is 144 g/mol. The van der Waals surface area contributed by atoms with Crippen LogP contribution in [0.4, 0.5) is 0 Å². The van der Waals surface area contributed by atoms with E-state index in [1.165, 1.54) is 7.11 Å². The van der Waals surface area contributed by atoms with Crippen molar-refractivity contribution in [1.29, 1.82) is 0 Å². The van der Waals surface area contributed by atoms with Gasteiger partial charge in [-0.25, -0.2) is 5.06 Å². The molecule has 0 aliphatic carbocycles. The monoisotopic (exact) mass is 160 g/mol. The van der Waals surface area contributed by atoms with Gasteiger partial charge in [0.25, 0.3) is 5.91 Å². The van der Waals surface area contributed by atoms with Crippen molar-refractivity contribution in [2.75, 3.05) is 14.2 Å². The van der Waals surface area contributed by atoms with E-state index in [9.17, 15) is 4.79 Å². The molecule has 0 heterocycles. The first-order valence-corrected chi connectivity index (χ1v) is 3.58. The minimum Gasteiger partial charge on any atom is -0.320 e. The van der Waals surface area contributed by atoms with E-state index >= 15 is 0 Å². The third-order valence-electron chi connectivity index (χ3n) is 1.59. The van der Waals surface area contributed by atoms with Crippen LogP contribution in [-0.2, 0) is 9.63 Å². The van der Waals surface area contributed by atoms with Crippen LogP contribution in [0.25, 0.3) is 0 Å². The van der Waals surface area contributed by atoms with Crippen molar-refractivity contribution in [3.63, 3.8) is 0 Å². The van der Waals surface area contributed by atoms with E-state index < -0.39 is 6.04 Å². The molecule has 0 rings (SSSR count). The summed E-state index contributed by atoms with van der Waals surface area (Å²) < 4.78 is 0. The lowest BCUT2D eigenvalue weighted by atomic mass is 10.1. The molecule has 11 heavy (non-hydrogen) atoms. The standard InChI is InChI=1S/C7H16N2O2/c1-5(2)6(8)7(10)9(3)11-4/h5-6H,8H2,1-4H3/t6-/m0/s1. The maximum atomic E-state index is 11.2. The quantitative estimate of drug-likeness (QED) is 0.591. The lowest BCUT2D eigenvalue weighted by Gasteiger charge is -2.20. The zero-order valence-electron chi connectivity index (χ0n) is 7.50. The van der Waals surface area contributed by atoms with Crippen LogP contribution in [0.15, 0.2) is 0 Å². The van der Waals surface area contributed by atoms with Crippen molar-refractivity contribution in [3.8, 4) is 0 Å². The van der Waals surface area contributed by atoms with Crippen LogP contribution in [-0.4, -0.2) is 31.2 Å². The predicted octanol–water partition coefficient (Wildman–Crippen LogP) is -0.0105. The van der Waals surface area contributed by atoms with E-state index in [-0.39, 0.29) is 11.8 Å². The molecule has 0 aliphatic rings. The highest BCUT2D eigenvalue weighted by molar-refractivity contribution is 5.80. The lowest BCUT2D eigenvalue weighted by molar-refractivity contribution is -0.171. The van der Waals surface area contributed by atoms with Gasteiger partial charge in [0, 0.05) is 7.05 Å². The SMILES string of the molecule is CON(C)C(=O)[C@@H](N)C(C)C. The lowest BCUT2D eigenvalue weighted by Crippen LogP contribution is -2.44. The highest BCUT2D eigenvalue weighted by Crippen LogP contribution is 2.01. The molecule has 0 aromatic rings. The number of amides is 1. The van der Waals surface area contributed by atoms with Gasteiger partial charge in [-0.3, -0.25) is 9.63 Å². The number of hydrogen-bond acceptors (Lipinski definition) is 3. The van der Waals surface area contributed by atoms with E-state index in [1.54, 1.807) is 7.05 Å². The fourth-order valence-electron chi connectivity index (χ4n) is 0.585. The molecule has 0 aliphatic heterocycles. The third-order valence-corrected chi connectivity index (χ3v) is 1.59. The Hall–Kier alpha value is -0.610. The summed E-state index contributed by atoms with van der Waals surface area (Å²) in [5.74, 6) is -0.0531. The van der Waals surface area contributed by atoms with E-state index in [4.69, 9.17) is 5.73 Å². The zero-order valence-corrected chi connectivity index (χ0v) is 7.50. The Morgan fingerprint density at radius 3 is 2.27 bits per heavy atom. The maximum absolute atomic E-state index is 11.2. The smallest absolute Gasteiger partial charge is 0.262 e. The van der Waals surface area contributed by atoms with Crippen molar-refractivity contribution in [1.82, 2.24) is 5.06 Å².